The molecule has 0 saturated carbocycles. The highest BCUT2D eigenvalue weighted by atomic mass is 19.4. The molecular weight excluding hydrogens is 239 g/mol. The van der Waals surface area contributed by atoms with Gasteiger partial charge in [-0.25, -0.2) is 4.79 Å². The molecule has 0 unspecified atom stereocenters. The number of nitrogens with zero attached hydrogens (tertiary/aromatic N) is 1. The molecule has 17 heavy (non-hydrogen) atoms. The summed E-state index contributed by atoms with van der Waals surface area (Å²) < 4.78 is 37.6. The Morgan fingerprint density at radius 2 is 1.88 bits per heavy atom. The average Bonchev–Trinajstić information content (AvgIpc) is 2.45. The molecule has 7 heteroatoms. The first-order chi connectivity index (χ1) is 7.53. The van der Waals surface area contributed by atoms with Crippen LogP contribution in [0.1, 0.15) is 33.6 Å². The smallest absolute Gasteiger partial charge is 0.337 e. The second-order valence-electron chi connectivity index (χ2n) is 4.94. The van der Waals surface area contributed by atoms with Crippen LogP contribution in [0, 0.1) is 5.41 Å². The van der Waals surface area contributed by atoms with Crippen LogP contribution in [0.4, 0.5) is 13.2 Å². The summed E-state index contributed by atoms with van der Waals surface area (Å²) in [4.78, 5) is 27.2. The number of hydrogen-bond acceptors (Lipinski definition) is 3. The fourth-order valence-corrected chi connectivity index (χ4v) is 1.30. The highest BCUT2D eigenvalue weighted by Gasteiger charge is 2.51. The van der Waals surface area contributed by atoms with Crippen molar-refractivity contribution < 1.29 is 27.6 Å². The third kappa shape index (κ3) is 3.10. The normalized spacial score (nSPS) is 21.9. The highest BCUT2D eigenvalue weighted by Crippen LogP contribution is 2.34. The van der Waals surface area contributed by atoms with Crippen LogP contribution in [-0.2, 0) is 14.4 Å². The molecule has 0 spiro atoms. The molecule has 0 aromatic rings. The quantitative estimate of drug-likeness (QED) is 0.718. The lowest BCUT2D eigenvalue weighted by molar-refractivity contribution is -0.252. The van der Waals surface area contributed by atoms with Gasteiger partial charge in [-0.05, 0) is 27.2 Å². The van der Waals surface area contributed by atoms with Gasteiger partial charge in [0.2, 0.25) is 0 Å². The van der Waals surface area contributed by atoms with E-state index in [4.69, 9.17) is 0 Å². The minimum atomic E-state index is -4.58. The average molecular weight is 253 g/mol. The largest absolute Gasteiger partial charge is 0.412 e. The van der Waals surface area contributed by atoms with Gasteiger partial charge in [-0.3, -0.25) is 4.79 Å². The van der Waals surface area contributed by atoms with Crippen LogP contribution in [-0.4, -0.2) is 29.2 Å². The Kier molecular flexibility index (Phi) is 3.40. The number of hydrogen-bond donors (Lipinski definition) is 0. The maximum atomic E-state index is 12.5. The van der Waals surface area contributed by atoms with Crippen LogP contribution in [0.3, 0.4) is 0 Å². The standard InChI is InChI=1S/C10H14F3NO3/c1-9(2,3)8(16)17-14-6(10(11,12)13)4-5-7(14)15/h6H,4-5H2,1-3H3/t6-/m0/s1. The summed E-state index contributed by atoms with van der Waals surface area (Å²) in [6.45, 7) is 4.50. The molecule has 1 fully saturated rings. The van der Waals surface area contributed by atoms with Crippen molar-refractivity contribution in [2.75, 3.05) is 0 Å². The van der Waals surface area contributed by atoms with Gasteiger partial charge >= 0.3 is 12.1 Å². The van der Waals surface area contributed by atoms with Gasteiger partial charge in [-0.15, -0.1) is 0 Å². The first-order valence-corrected chi connectivity index (χ1v) is 5.14. The molecule has 1 atom stereocenters. The van der Waals surface area contributed by atoms with Gasteiger partial charge in [0.25, 0.3) is 5.91 Å². The van der Waals surface area contributed by atoms with E-state index in [0.717, 1.165) is 0 Å². The molecular formula is C10H14F3NO3. The Labute approximate surface area is 96.7 Å². The van der Waals surface area contributed by atoms with Crippen LogP contribution >= 0.6 is 0 Å². The van der Waals surface area contributed by atoms with E-state index in [1.54, 1.807) is 0 Å². The molecule has 0 aliphatic carbocycles. The van der Waals surface area contributed by atoms with Gasteiger partial charge in [-0.2, -0.15) is 18.2 Å². The highest BCUT2D eigenvalue weighted by molar-refractivity contribution is 5.81. The van der Waals surface area contributed by atoms with Crippen molar-refractivity contribution in [2.45, 2.75) is 45.8 Å². The molecule has 1 aliphatic rings. The van der Waals surface area contributed by atoms with Gasteiger partial charge < -0.3 is 4.84 Å². The fraction of sp³-hybridized carbons (Fsp3) is 0.800. The molecule has 0 aromatic heterocycles. The summed E-state index contributed by atoms with van der Waals surface area (Å²) in [6, 6.07) is -2.03. The molecule has 1 rings (SSSR count). The number of hydroxylamine groups is 2. The zero-order chi connectivity index (χ0) is 13.4. The summed E-state index contributed by atoms with van der Waals surface area (Å²) >= 11 is 0. The van der Waals surface area contributed by atoms with E-state index in [2.05, 4.69) is 4.84 Å². The summed E-state index contributed by atoms with van der Waals surface area (Å²) in [5.41, 5.74) is -0.959. The van der Waals surface area contributed by atoms with Crippen molar-refractivity contribution in [2.24, 2.45) is 5.41 Å². The predicted octanol–water partition coefficient (Wildman–Crippen LogP) is 2.04. The number of rotatable bonds is 1. The molecule has 0 radical (unpaired) electrons. The Morgan fingerprint density at radius 1 is 1.35 bits per heavy atom. The van der Waals surface area contributed by atoms with E-state index >= 15 is 0 Å². The van der Waals surface area contributed by atoms with Gasteiger partial charge in [0.1, 0.15) is 0 Å². The minimum absolute atomic E-state index is 0.160. The zero-order valence-electron chi connectivity index (χ0n) is 9.80. The van der Waals surface area contributed by atoms with Crippen molar-refractivity contribution in [3.8, 4) is 0 Å². The van der Waals surface area contributed by atoms with Gasteiger partial charge in [0.15, 0.2) is 6.04 Å². The molecule has 1 saturated heterocycles. The van der Waals surface area contributed by atoms with Crippen molar-refractivity contribution >= 4 is 11.9 Å². The Hall–Kier alpha value is -1.27. The third-order valence-electron chi connectivity index (χ3n) is 2.33. The number of carbonyl (C=O) groups is 2. The topological polar surface area (TPSA) is 46.6 Å². The molecule has 98 valence electrons. The number of amides is 1. The van der Waals surface area contributed by atoms with E-state index in [1.807, 2.05) is 0 Å². The third-order valence-corrected chi connectivity index (χ3v) is 2.33. The van der Waals surface area contributed by atoms with Gasteiger partial charge in [-0.1, -0.05) is 0 Å². The van der Waals surface area contributed by atoms with Gasteiger partial charge in [0.05, 0.1) is 5.41 Å². The molecule has 0 aromatic carbocycles. The SMILES string of the molecule is CC(C)(C)C(=O)ON1C(=O)CC[C@H]1C(F)(F)F. The predicted molar refractivity (Wildman–Crippen MR) is 51.5 cm³/mol. The van der Waals surface area contributed by atoms with Crippen LogP contribution < -0.4 is 0 Å². The summed E-state index contributed by atoms with van der Waals surface area (Å²) in [6.07, 6.45) is -5.22. The lowest BCUT2D eigenvalue weighted by Gasteiger charge is -2.27. The number of carbonyl (C=O) groups excluding carboxylic acids is 2. The van der Waals surface area contributed by atoms with Crippen molar-refractivity contribution in [1.29, 1.82) is 0 Å². The number of alkyl halides is 3. The van der Waals surface area contributed by atoms with Crippen molar-refractivity contribution in [3.63, 3.8) is 0 Å². The van der Waals surface area contributed by atoms with Gasteiger partial charge in [0, 0.05) is 6.42 Å². The van der Waals surface area contributed by atoms with Crippen molar-refractivity contribution in [1.82, 2.24) is 5.06 Å². The minimum Gasteiger partial charge on any atom is -0.337 e. The summed E-state index contributed by atoms with van der Waals surface area (Å²) in [5, 5.41) is 0.160. The van der Waals surface area contributed by atoms with E-state index in [1.165, 1.54) is 20.8 Å². The Bertz CT molecular complexity index is 333. The monoisotopic (exact) mass is 253 g/mol. The molecule has 1 aliphatic heterocycles. The lowest BCUT2D eigenvalue weighted by Crippen LogP contribution is -2.45. The Balaban J connectivity index is 2.81. The summed E-state index contributed by atoms with van der Waals surface area (Å²) in [7, 11) is 0. The summed E-state index contributed by atoms with van der Waals surface area (Å²) in [5.74, 6) is -1.67. The van der Waals surface area contributed by atoms with Crippen molar-refractivity contribution in [3.05, 3.63) is 0 Å². The van der Waals surface area contributed by atoms with Crippen LogP contribution in [0.2, 0.25) is 0 Å². The first kappa shape index (κ1) is 13.8. The van der Waals surface area contributed by atoms with E-state index < -0.39 is 29.5 Å². The van der Waals surface area contributed by atoms with Crippen LogP contribution in [0.5, 0.6) is 0 Å². The second-order valence-corrected chi connectivity index (χ2v) is 4.94. The Morgan fingerprint density at radius 3 is 2.29 bits per heavy atom. The molecule has 0 N–H and O–H groups in total. The first-order valence-electron chi connectivity index (χ1n) is 5.14. The van der Waals surface area contributed by atoms with E-state index in [-0.39, 0.29) is 17.9 Å². The van der Waals surface area contributed by atoms with E-state index in [0.29, 0.717) is 0 Å². The maximum Gasteiger partial charge on any atom is 0.412 e. The zero-order valence-corrected chi connectivity index (χ0v) is 9.80. The molecule has 1 heterocycles. The molecule has 4 nitrogen and oxygen atoms in total. The molecule has 0 bridgehead atoms. The van der Waals surface area contributed by atoms with E-state index in [9.17, 15) is 22.8 Å². The fourth-order valence-electron chi connectivity index (χ4n) is 1.30. The maximum absolute atomic E-state index is 12.5. The number of halogens is 3. The van der Waals surface area contributed by atoms with Crippen LogP contribution in [0.15, 0.2) is 0 Å². The lowest BCUT2D eigenvalue weighted by atomic mass is 9.98. The van der Waals surface area contributed by atoms with Crippen LogP contribution in [0.25, 0.3) is 0 Å². The molecule has 1 amide bonds. The second kappa shape index (κ2) is 4.19.